The van der Waals surface area contributed by atoms with Gasteiger partial charge < -0.3 is 10.5 Å². The Labute approximate surface area is 113 Å². The van der Waals surface area contributed by atoms with Crippen LogP contribution in [0.5, 0.6) is 5.75 Å². The topological polar surface area (TPSA) is 61.0 Å². The van der Waals surface area contributed by atoms with E-state index in [-0.39, 0.29) is 0 Å². The minimum atomic E-state index is 0.398. The van der Waals surface area contributed by atoms with Crippen LogP contribution in [0.25, 0.3) is 0 Å². The van der Waals surface area contributed by atoms with Gasteiger partial charge in [0.2, 0.25) is 0 Å². The number of anilines is 1. The molecule has 1 heterocycles. The number of hydrogen-bond acceptors (Lipinski definition) is 4. The molecule has 0 saturated heterocycles. The van der Waals surface area contributed by atoms with Gasteiger partial charge in [-0.25, -0.2) is 4.98 Å². The standard InChI is InChI=1S/C15H19N3O/c1-10(2)12-5-4-11(3)14(6-12)19-9-13-7-18-15(16)8-17-13/h4-8,10H,9H2,1-3H3,(H2,16,18). The summed E-state index contributed by atoms with van der Waals surface area (Å²) >= 11 is 0. The molecule has 19 heavy (non-hydrogen) atoms. The Bertz CT molecular complexity index is 550. The molecular formula is C15H19N3O. The molecule has 4 heteroatoms. The predicted octanol–water partition coefficient (Wildman–Crippen LogP) is 3.07. The second kappa shape index (κ2) is 5.69. The highest BCUT2D eigenvalue weighted by molar-refractivity contribution is 5.37. The SMILES string of the molecule is Cc1ccc(C(C)C)cc1OCc1cnc(N)cn1. The Hall–Kier alpha value is -2.10. The van der Waals surface area contributed by atoms with E-state index in [1.54, 1.807) is 6.20 Å². The van der Waals surface area contributed by atoms with Gasteiger partial charge in [0.1, 0.15) is 18.2 Å². The molecular weight excluding hydrogens is 238 g/mol. The molecule has 0 radical (unpaired) electrons. The van der Waals surface area contributed by atoms with E-state index in [2.05, 4.69) is 42.0 Å². The van der Waals surface area contributed by atoms with Gasteiger partial charge in [-0.2, -0.15) is 0 Å². The highest BCUT2D eigenvalue weighted by Crippen LogP contribution is 2.24. The summed E-state index contributed by atoms with van der Waals surface area (Å²) in [4.78, 5) is 8.16. The number of nitrogen functional groups attached to an aromatic ring is 1. The molecule has 0 aliphatic carbocycles. The van der Waals surface area contributed by atoms with Gasteiger partial charge >= 0.3 is 0 Å². The maximum atomic E-state index is 5.81. The first-order valence-electron chi connectivity index (χ1n) is 6.36. The second-order valence-electron chi connectivity index (χ2n) is 4.90. The van der Waals surface area contributed by atoms with E-state index in [0.29, 0.717) is 18.3 Å². The van der Waals surface area contributed by atoms with Crippen molar-refractivity contribution in [3.63, 3.8) is 0 Å². The van der Waals surface area contributed by atoms with E-state index in [1.165, 1.54) is 11.8 Å². The molecule has 0 saturated carbocycles. The molecule has 0 spiro atoms. The van der Waals surface area contributed by atoms with E-state index in [0.717, 1.165) is 17.0 Å². The number of benzene rings is 1. The van der Waals surface area contributed by atoms with Crippen molar-refractivity contribution in [2.45, 2.75) is 33.3 Å². The molecule has 0 aliphatic rings. The van der Waals surface area contributed by atoms with E-state index in [1.807, 2.05) is 6.92 Å². The number of aromatic nitrogens is 2. The van der Waals surface area contributed by atoms with Crippen LogP contribution in [0.15, 0.2) is 30.6 Å². The van der Waals surface area contributed by atoms with Crippen molar-refractivity contribution < 1.29 is 4.74 Å². The summed E-state index contributed by atoms with van der Waals surface area (Å²) in [6.45, 7) is 6.77. The molecule has 2 rings (SSSR count). The average Bonchev–Trinajstić information content (AvgIpc) is 2.39. The van der Waals surface area contributed by atoms with Gasteiger partial charge in [-0.1, -0.05) is 26.0 Å². The summed E-state index contributed by atoms with van der Waals surface area (Å²) in [5, 5.41) is 0. The van der Waals surface area contributed by atoms with E-state index < -0.39 is 0 Å². The van der Waals surface area contributed by atoms with Crippen LogP contribution in [-0.2, 0) is 6.61 Å². The van der Waals surface area contributed by atoms with Gasteiger partial charge in [0, 0.05) is 0 Å². The Morgan fingerprint density at radius 3 is 2.63 bits per heavy atom. The molecule has 0 unspecified atom stereocenters. The minimum Gasteiger partial charge on any atom is -0.487 e. The molecule has 0 atom stereocenters. The molecule has 0 amide bonds. The zero-order chi connectivity index (χ0) is 13.8. The van der Waals surface area contributed by atoms with Gasteiger partial charge in [-0.15, -0.1) is 0 Å². The number of aryl methyl sites for hydroxylation is 1. The van der Waals surface area contributed by atoms with E-state index in [9.17, 15) is 0 Å². The highest BCUT2D eigenvalue weighted by atomic mass is 16.5. The molecule has 1 aromatic heterocycles. The number of hydrogen-bond donors (Lipinski definition) is 1. The lowest BCUT2D eigenvalue weighted by Gasteiger charge is -2.12. The number of nitrogens with zero attached hydrogens (tertiary/aromatic N) is 2. The Kier molecular flexibility index (Phi) is 4.00. The van der Waals surface area contributed by atoms with Crippen LogP contribution in [-0.4, -0.2) is 9.97 Å². The van der Waals surface area contributed by atoms with Crippen molar-refractivity contribution in [2.75, 3.05) is 5.73 Å². The third-order valence-electron chi connectivity index (χ3n) is 2.98. The highest BCUT2D eigenvalue weighted by Gasteiger charge is 2.05. The quantitative estimate of drug-likeness (QED) is 0.914. The number of ether oxygens (including phenoxy) is 1. The van der Waals surface area contributed by atoms with E-state index >= 15 is 0 Å². The van der Waals surface area contributed by atoms with Crippen molar-refractivity contribution in [1.29, 1.82) is 0 Å². The van der Waals surface area contributed by atoms with Crippen LogP contribution < -0.4 is 10.5 Å². The Balaban J connectivity index is 2.10. The molecule has 100 valence electrons. The van der Waals surface area contributed by atoms with Crippen LogP contribution in [0.1, 0.15) is 36.6 Å². The summed E-state index contributed by atoms with van der Waals surface area (Å²) in [5.41, 5.74) is 8.65. The van der Waals surface area contributed by atoms with Crippen LogP contribution in [0.2, 0.25) is 0 Å². The van der Waals surface area contributed by atoms with Crippen LogP contribution in [0.4, 0.5) is 5.82 Å². The minimum absolute atomic E-state index is 0.398. The summed E-state index contributed by atoms with van der Waals surface area (Å²) in [6, 6.07) is 6.31. The van der Waals surface area contributed by atoms with Crippen LogP contribution in [0, 0.1) is 6.92 Å². The summed E-state index contributed by atoms with van der Waals surface area (Å²) in [5.74, 6) is 1.80. The third kappa shape index (κ3) is 3.44. The normalized spacial score (nSPS) is 10.7. The fraction of sp³-hybridized carbons (Fsp3) is 0.333. The lowest BCUT2D eigenvalue weighted by Crippen LogP contribution is -2.02. The van der Waals surface area contributed by atoms with Gasteiger partial charge in [0.05, 0.1) is 18.1 Å². The molecule has 0 aliphatic heterocycles. The second-order valence-corrected chi connectivity index (χ2v) is 4.90. The van der Waals surface area contributed by atoms with Crippen molar-refractivity contribution >= 4 is 5.82 Å². The summed E-state index contributed by atoms with van der Waals surface area (Å²) < 4.78 is 5.81. The van der Waals surface area contributed by atoms with Crippen LogP contribution >= 0.6 is 0 Å². The van der Waals surface area contributed by atoms with Crippen LogP contribution in [0.3, 0.4) is 0 Å². The largest absolute Gasteiger partial charge is 0.487 e. The zero-order valence-corrected chi connectivity index (χ0v) is 11.6. The fourth-order valence-electron chi connectivity index (χ4n) is 1.72. The molecule has 2 N–H and O–H groups in total. The van der Waals surface area contributed by atoms with Crippen molar-refractivity contribution in [3.05, 3.63) is 47.4 Å². The fourth-order valence-corrected chi connectivity index (χ4v) is 1.72. The van der Waals surface area contributed by atoms with Gasteiger partial charge in [0.15, 0.2) is 0 Å². The maximum Gasteiger partial charge on any atom is 0.141 e. The third-order valence-corrected chi connectivity index (χ3v) is 2.98. The first-order valence-corrected chi connectivity index (χ1v) is 6.36. The summed E-state index contributed by atoms with van der Waals surface area (Å²) in [7, 11) is 0. The zero-order valence-electron chi connectivity index (χ0n) is 11.6. The molecule has 0 bridgehead atoms. The lowest BCUT2D eigenvalue weighted by atomic mass is 10.0. The van der Waals surface area contributed by atoms with Crippen molar-refractivity contribution in [2.24, 2.45) is 0 Å². The van der Waals surface area contributed by atoms with Crippen molar-refractivity contribution in [3.8, 4) is 5.75 Å². The Morgan fingerprint density at radius 1 is 1.21 bits per heavy atom. The van der Waals surface area contributed by atoms with Crippen molar-refractivity contribution in [1.82, 2.24) is 9.97 Å². The lowest BCUT2D eigenvalue weighted by molar-refractivity contribution is 0.298. The average molecular weight is 257 g/mol. The van der Waals surface area contributed by atoms with Gasteiger partial charge in [0.25, 0.3) is 0 Å². The molecule has 1 aromatic carbocycles. The Morgan fingerprint density at radius 2 is 2.00 bits per heavy atom. The number of nitrogens with two attached hydrogens (primary N) is 1. The first kappa shape index (κ1) is 13.3. The first-order chi connectivity index (χ1) is 9.06. The molecule has 0 fully saturated rings. The van der Waals surface area contributed by atoms with Gasteiger partial charge in [-0.3, -0.25) is 4.98 Å². The smallest absolute Gasteiger partial charge is 0.141 e. The van der Waals surface area contributed by atoms with E-state index in [4.69, 9.17) is 10.5 Å². The predicted molar refractivity (Wildman–Crippen MR) is 76.0 cm³/mol. The molecule has 4 nitrogen and oxygen atoms in total. The monoisotopic (exact) mass is 257 g/mol. The molecule has 2 aromatic rings. The maximum absolute atomic E-state index is 5.81. The number of rotatable bonds is 4. The summed E-state index contributed by atoms with van der Waals surface area (Å²) in [6.07, 6.45) is 3.17. The van der Waals surface area contributed by atoms with Gasteiger partial charge in [-0.05, 0) is 30.0 Å².